The first-order valence-electron chi connectivity index (χ1n) is 11.5. The number of carbonyl (C=O) groups excluding carboxylic acids is 2. The number of halogens is 8. The van der Waals surface area contributed by atoms with E-state index in [2.05, 4.69) is 19.2 Å². The lowest BCUT2D eigenvalue weighted by molar-refractivity contribution is -0.275. The molecule has 0 atom stereocenters. The Hall–Kier alpha value is -4.63. The summed E-state index contributed by atoms with van der Waals surface area (Å²) in [5.74, 6) is -12.0. The molecule has 0 aliphatic heterocycles. The number of amides is 1. The van der Waals surface area contributed by atoms with E-state index in [1.54, 1.807) is 0 Å². The van der Waals surface area contributed by atoms with Crippen LogP contribution < -0.4 is 19.5 Å². The minimum atomic E-state index is -5.44. The molecule has 0 unspecified atom stereocenters. The highest BCUT2D eigenvalue weighted by molar-refractivity contribution is 6.06. The third-order valence-electron chi connectivity index (χ3n) is 4.63. The average molecular weight is 569 g/mol. The van der Waals surface area contributed by atoms with Crippen LogP contribution >= 0.6 is 0 Å². The minimum Gasteiger partial charge on any atom is -0.490 e. The summed E-state index contributed by atoms with van der Waals surface area (Å²) in [5.41, 5.74) is -3.89. The number of aromatic nitrogens is 1. The number of hydrogen-bond acceptors (Lipinski definition) is 7. The van der Waals surface area contributed by atoms with Crippen LogP contribution in [0.1, 0.15) is 30.5 Å². The number of pyridine rings is 1. The fourth-order valence-corrected chi connectivity index (χ4v) is 2.98. The molecule has 1 amide bonds. The number of nitrogens with one attached hydrogen (secondary N) is 1. The van der Waals surface area contributed by atoms with Gasteiger partial charge in [-0.1, -0.05) is 0 Å². The highest BCUT2D eigenvalue weighted by Gasteiger charge is 2.38. The Labute approximate surface area is 217 Å². The van der Waals surface area contributed by atoms with Gasteiger partial charge in [0.15, 0.2) is 17.3 Å². The monoisotopic (exact) mass is 569 g/mol. The molecule has 2 aromatic carbocycles. The smallest absolute Gasteiger partial charge is 0.490 e. The molecule has 1 aromatic heterocycles. The number of methoxy groups -OCH3 is 2. The molecule has 0 bridgehead atoms. The number of hydrogen-bond donors (Lipinski definition) is 1. The summed E-state index contributed by atoms with van der Waals surface area (Å²) >= 11 is 0. The number of rotatable bonds is 7. The Bertz CT molecular complexity index is 1500. The second-order valence-electron chi connectivity index (χ2n) is 7.13. The van der Waals surface area contributed by atoms with Crippen LogP contribution in [0.25, 0.3) is 0 Å². The first kappa shape index (κ1) is 24.7. The van der Waals surface area contributed by atoms with Crippen molar-refractivity contribution >= 4 is 17.6 Å². The van der Waals surface area contributed by atoms with Gasteiger partial charge in [0.2, 0.25) is 11.6 Å². The van der Waals surface area contributed by atoms with Crippen LogP contribution in [0.4, 0.5) is 40.8 Å². The van der Waals surface area contributed by atoms with Gasteiger partial charge < -0.3 is 24.3 Å². The van der Waals surface area contributed by atoms with Crippen molar-refractivity contribution in [2.75, 3.05) is 19.5 Å². The van der Waals surface area contributed by atoms with E-state index in [1.165, 1.54) is 0 Å². The van der Waals surface area contributed by atoms with Crippen LogP contribution in [0.2, 0.25) is 0 Å². The fraction of sp³-hybridized carbons (Fsp3) is 0.174. The molecule has 208 valence electrons. The van der Waals surface area contributed by atoms with Crippen LogP contribution in [0.3, 0.4) is 0 Å². The van der Waals surface area contributed by atoms with Crippen LogP contribution in [-0.2, 0) is 10.9 Å². The average Bonchev–Trinajstić information content (AvgIpc) is 2.85. The molecule has 0 saturated heterocycles. The minimum absolute atomic E-state index is 0.135. The summed E-state index contributed by atoms with van der Waals surface area (Å²) < 4.78 is 147. The first-order chi connectivity index (χ1) is 19.3. The van der Waals surface area contributed by atoms with Crippen molar-refractivity contribution in [2.45, 2.75) is 12.5 Å². The Kier molecular flexibility index (Phi) is 6.97. The van der Waals surface area contributed by atoms with Gasteiger partial charge in [0.1, 0.15) is 17.0 Å². The van der Waals surface area contributed by atoms with Gasteiger partial charge in [-0.3, -0.25) is 4.79 Å². The van der Waals surface area contributed by atoms with Gasteiger partial charge in [-0.15, -0.1) is 13.2 Å². The van der Waals surface area contributed by atoms with Crippen LogP contribution in [0.5, 0.6) is 23.0 Å². The van der Waals surface area contributed by atoms with Crippen molar-refractivity contribution < 1.29 is 67.8 Å². The maximum Gasteiger partial charge on any atom is 0.573 e. The van der Waals surface area contributed by atoms with E-state index in [4.69, 9.17) is 8.85 Å². The lowest BCUT2D eigenvalue weighted by Gasteiger charge is -2.18. The molecule has 0 aliphatic carbocycles. The van der Waals surface area contributed by atoms with Gasteiger partial charge in [-0.25, -0.2) is 14.2 Å². The number of esters is 1. The van der Waals surface area contributed by atoms with E-state index in [1.807, 2.05) is 5.32 Å². The Morgan fingerprint density at radius 2 is 1.59 bits per heavy atom. The molecule has 1 N–H and O–H groups in total. The summed E-state index contributed by atoms with van der Waals surface area (Å²) in [7, 11) is -2.46. The van der Waals surface area contributed by atoms with E-state index < -0.39 is 77.2 Å². The van der Waals surface area contributed by atoms with Crippen molar-refractivity contribution in [3.63, 3.8) is 0 Å². The van der Waals surface area contributed by atoms with E-state index in [-0.39, 0.29) is 17.4 Å². The van der Waals surface area contributed by atoms with Gasteiger partial charge in [0.05, 0.1) is 35.7 Å². The molecular formula is C23H14F8N2O6. The van der Waals surface area contributed by atoms with Crippen LogP contribution in [0, 0.1) is 11.6 Å². The van der Waals surface area contributed by atoms with Gasteiger partial charge in [0, 0.05) is 0 Å². The normalized spacial score (nSPS) is 13.0. The Balaban J connectivity index is 2.12. The molecule has 0 aliphatic rings. The third kappa shape index (κ3) is 6.63. The van der Waals surface area contributed by atoms with E-state index in [0.29, 0.717) is 18.2 Å². The van der Waals surface area contributed by atoms with Crippen LogP contribution in [0.15, 0.2) is 42.6 Å². The molecule has 0 saturated carbocycles. The zero-order valence-corrected chi connectivity index (χ0v) is 19.0. The molecule has 1 heterocycles. The lowest BCUT2D eigenvalue weighted by Crippen LogP contribution is -2.19. The summed E-state index contributed by atoms with van der Waals surface area (Å²) in [6.45, 7) is 0. The fourth-order valence-electron chi connectivity index (χ4n) is 2.98. The highest BCUT2D eigenvalue weighted by Crippen LogP contribution is 2.42. The number of benzene rings is 2. The molecule has 39 heavy (non-hydrogen) atoms. The van der Waals surface area contributed by atoms with Crippen molar-refractivity contribution in [2.24, 2.45) is 0 Å². The van der Waals surface area contributed by atoms with Gasteiger partial charge in [0.25, 0.3) is 5.91 Å². The van der Waals surface area contributed by atoms with E-state index >= 15 is 4.39 Å². The summed E-state index contributed by atoms with van der Waals surface area (Å²) in [4.78, 5) is 28.1. The van der Waals surface area contributed by atoms with E-state index in [9.17, 15) is 40.3 Å². The summed E-state index contributed by atoms with van der Waals surface area (Å²) in [6.07, 6.45) is -9.90. The number of alkyl halides is 6. The standard InChI is InChI=1S/C23H14F8N2O6/c1-36-19-15(8-7-14(18(19)25)39-23(29,30)31)38-13-6-4-11(22(26,27)28)17(24)16(13)20(34)33-10-3-5-12(32-9-10)21(35)37-2/h3-9H,1-2H3,(H,33,34)/i1D3. The Morgan fingerprint density at radius 3 is 2.15 bits per heavy atom. The predicted octanol–water partition coefficient (Wildman–Crippen LogP) is 6.12. The van der Waals surface area contributed by atoms with E-state index in [0.717, 1.165) is 25.4 Å². The highest BCUT2D eigenvalue weighted by atomic mass is 19.4. The zero-order valence-electron chi connectivity index (χ0n) is 22.0. The molecule has 8 nitrogen and oxygen atoms in total. The van der Waals surface area contributed by atoms with Crippen molar-refractivity contribution in [3.05, 3.63) is 71.1 Å². The van der Waals surface area contributed by atoms with Crippen LogP contribution in [-0.4, -0.2) is 37.4 Å². The molecule has 3 rings (SSSR count). The van der Waals surface area contributed by atoms with Gasteiger partial charge in [-0.05, 0) is 36.4 Å². The molecule has 0 spiro atoms. The lowest BCUT2D eigenvalue weighted by atomic mass is 10.1. The number of nitrogens with zero attached hydrogens (tertiary/aromatic N) is 1. The second-order valence-corrected chi connectivity index (χ2v) is 7.13. The molecule has 16 heteroatoms. The molecule has 3 aromatic rings. The first-order valence-corrected chi connectivity index (χ1v) is 10.0. The maximum absolute atomic E-state index is 15.1. The van der Waals surface area contributed by atoms with Crippen molar-refractivity contribution in [1.29, 1.82) is 0 Å². The summed E-state index contributed by atoms with van der Waals surface area (Å²) in [6, 6.07) is 3.43. The SMILES string of the molecule is [2H]C([2H])([2H])Oc1c(Oc2ccc(C(F)(F)F)c(F)c2C(=O)Nc2ccc(C(=O)OC)nc2)ccc(OC(F)(F)F)c1F. The molecule has 0 fully saturated rings. The quantitative estimate of drug-likeness (QED) is 0.271. The number of carbonyl (C=O) groups is 2. The predicted molar refractivity (Wildman–Crippen MR) is 115 cm³/mol. The zero-order chi connectivity index (χ0) is 31.6. The second kappa shape index (κ2) is 11.0. The van der Waals surface area contributed by atoms with Gasteiger partial charge in [-0.2, -0.15) is 17.6 Å². The van der Waals surface area contributed by atoms with Crippen molar-refractivity contribution in [1.82, 2.24) is 4.98 Å². The summed E-state index contributed by atoms with van der Waals surface area (Å²) in [5, 5.41) is 2.01. The topological polar surface area (TPSA) is 96.0 Å². The number of anilines is 1. The number of ether oxygens (including phenoxy) is 4. The molecular weight excluding hydrogens is 552 g/mol. The van der Waals surface area contributed by atoms with Gasteiger partial charge >= 0.3 is 18.5 Å². The van der Waals surface area contributed by atoms with Crippen molar-refractivity contribution in [3.8, 4) is 23.0 Å². The largest absolute Gasteiger partial charge is 0.573 e. The third-order valence-corrected chi connectivity index (χ3v) is 4.63. The Morgan fingerprint density at radius 1 is 0.923 bits per heavy atom. The molecule has 0 radical (unpaired) electrons. The maximum atomic E-state index is 15.1.